The quantitative estimate of drug-likeness (QED) is 0.859. The number of nitrogens with zero attached hydrogens (tertiary/aromatic N) is 2. The Morgan fingerprint density at radius 2 is 2.17 bits per heavy atom. The first-order valence-corrected chi connectivity index (χ1v) is 7.28. The van der Waals surface area contributed by atoms with Crippen LogP contribution in [-0.2, 0) is 17.5 Å². The van der Waals surface area contributed by atoms with Gasteiger partial charge in [0.25, 0.3) is 5.56 Å². The highest BCUT2D eigenvalue weighted by Crippen LogP contribution is 2.32. The second kappa shape index (κ2) is 5.99. The highest BCUT2D eigenvalue weighted by Gasteiger charge is 2.35. The van der Waals surface area contributed by atoms with Gasteiger partial charge in [-0.25, -0.2) is 4.98 Å². The van der Waals surface area contributed by atoms with E-state index in [0.29, 0.717) is 13.0 Å². The van der Waals surface area contributed by atoms with Crippen molar-refractivity contribution in [2.45, 2.75) is 31.3 Å². The number of hydrogen-bond donors (Lipinski definition) is 2. The predicted molar refractivity (Wildman–Crippen MR) is 78.4 cm³/mol. The molecule has 0 unspecified atom stereocenters. The van der Waals surface area contributed by atoms with Gasteiger partial charge in [-0.05, 0) is 25.1 Å². The van der Waals surface area contributed by atoms with Crippen LogP contribution < -0.4 is 10.9 Å². The van der Waals surface area contributed by atoms with Crippen molar-refractivity contribution in [1.29, 1.82) is 0 Å². The summed E-state index contributed by atoms with van der Waals surface area (Å²) in [5.41, 5.74) is -2.11. The molecule has 0 saturated carbocycles. The topological polar surface area (TPSA) is 84.2 Å². The number of nitrogens with one attached hydrogen (secondary N) is 1. The number of benzene rings is 1. The molecule has 2 aromatic rings. The lowest BCUT2D eigenvalue weighted by Gasteiger charge is -2.15. The molecule has 24 heavy (non-hydrogen) atoms. The van der Waals surface area contributed by atoms with Crippen molar-refractivity contribution in [3.8, 4) is 0 Å². The first kappa shape index (κ1) is 16.6. The maximum Gasteiger partial charge on any atom is 0.417 e. The smallest absolute Gasteiger partial charge is 0.391 e. The lowest BCUT2D eigenvalue weighted by Crippen LogP contribution is -2.42. The minimum absolute atomic E-state index is 0.0856. The zero-order valence-electron chi connectivity index (χ0n) is 12.4. The number of aromatic nitrogens is 2. The van der Waals surface area contributed by atoms with Gasteiger partial charge >= 0.3 is 6.18 Å². The molecule has 1 aromatic heterocycles. The van der Waals surface area contributed by atoms with Gasteiger partial charge in [0, 0.05) is 0 Å². The monoisotopic (exact) mass is 341 g/mol. The summed E-state index contributed by atoms with van der Waals surface area (Å²) >= 11 is 0. The van der Waals surface area contributed by atoms with Crippen LogP contribution in [0.3, 0.4) is 0 Å². The van der Waals surface area contributed by atoms with Gasteiger partial charge in [0.2, 0.25) is 0 Å². The van der Waals surface area contributed by atoms with Crippen molar-refractivity contribution in [3.05, 3.63) is 40.4 Å². The fourth-order valence-electron chi connectivity index (χ4n) is 2.83. The maximum atomic E-state index is 13.1. The summed E-state index contributed by atoms with van der Waals surface area (Å²) in [5, 5.41) is 11.9. The zero-order chi connectivity index (χ0) is 17.5. The van der Waals surface area contributed by atoms with Crippen LogP contribution in [0, 0.1) is 0 Å². The molecule has 2 atom stereocenters. The number of carbonyl (C=O) groups excluding carboxylic acids is 1. The number of aliphatic hydroxyl groups excluding tert-OH is 1. The van der Waals surface area contributed by atoms with E-state index in [1.807, 2.05) is 0 Å². The van der Waals surface area contributed by atoms with Gasteiger partial charge in [-0.3, -0.25) is 14.2 Å². The summed E-state index contributed by atoms with van der Waals surface area (Å²) < 4.78 is 40.1. The molecule has 1 aliphatic heterocycles. The third-order valence-corrected chi connectivity index (χ3v) is 4.02. The first-order valence-electron chi connectivity index (χ1n) is 7.28. The Balaban J connectivity index is 2.03. The Morgan fingerprint density at radius 1 is 1.42 bits per heavy atom. The van der Waals surface area contributed by atoms with Gasteiger partial charge in [-0.15, -0.1) is 0 Å². The summed E-state index contributed by atoms with van der Waals surface area (Å²) in [4.78, 5) is 28.4. The van der Waals surface area contributed by atoms with Crippen LogP contribution in [0.5, 0.6) is 0 Å². The van der Waals surface area contributed by atoms with Gasteiger partial charge in [0.1, 0.15) is 0 Å². The molecule has 1 aromatic carbocycles. The summed E-state index contributed by atoms with van der Waals surface area (Å²) in [6.07, 6.45) is -4.12. The molecule has 2 heterocycles. The van der Waals surface area contributed by atoms with Crippen LogP contribution in [0.1, 0.15) is 12.0 Å². The Kier molecular flexibility index (Phi) is 4.14. The van der Waals surface area contributed by atoms with Crippen molar-refractivity contribution < 1.29 is 23.1 Å². The molecule has 1 aliphatic rings. The second-order valence-corrected chi connectivity index (χ2v) is 5.63. The van der Waals surface area contributed by atoms with Crippen LogP contribution in [-0.4, -0.2) is 39.1 Å². The van der Waals surface area contributed by atoms with Crippen LogP contribution in [0.15, 0.2) is 29.3 Å². The van der Waals surface area contributed by atoms with Gasteiger partial charge < -0.3 is 10.4 Å². The first-order chi connectivity index (χ1) is 11.3. The molecule has 128 valence electrons. The number of rotatable bonds is 3. The van der Waals surface area contributed by atoms with Crippen LogP contribution in [0.25, 0.3) is 10.9 Å². The molecule has 0 bridgehead atoms. The lowest BCUT2D eigenvalue weighted by molar-refractivity contribution is -0.136. The number of Topliss-reactive ketones (excluding diaryl/α,β-unsaturated/α-hetero) is 1. The van der Waals surface area contributed by atoms with E-state index in [1.54, 1.807) is 0 Å². The maximum absolute atomic E-state index is 13.1. The second-order valence-electron chi connectivity index (χ2n) is 5.63. The Hall–Kier alpha value is -2.26. The lowest BCUT2D eigenvalue weighted by atomic mass is 10.1. The van der Waals surface area contributed by atoms with E-state index >= 15 is 0 Å². The molecule has 6 nitrogen and oxygen atoms in total. The largest absolute Gasteiger partial charge is 0.417 e. The average molecular weight is 341 g/mol. The molecule has 2 N–H and O–H groups in total. The third kappa shape index (κ3) is 2.92. The molecule has 0 radical (unpaired) electrons. The number of hydrogen-bond acceptors (Lipinski definition) is 5. The minimum atomic E-state index is -4.70. The molecular formula is C15H14F3N3O3. The Morgan fingerprint density at radius 3 is 2.79 bits per heavy atom. The van der Waals surface area contributed by atoms with Crippen molar-refractivity contribution in [2.75, 3.05) is 6.54 Å². The fraction of sp³-hybridized carbons (Fsp3) is 0.400. The van der Waals surface area contributed by atoms with E-state index in [-0.39, 0.29) is 5.52 Å². The summed E-state index contributed by atoms with van der Waals surface area (Å²) in [5.74, 6) is -0.479. The van der Waals surface area contributed by atoms with Crippen LogP contribution in [0.2, 0.25) is 0 Å². The summed E-state index contributed by atoms with van der Waals surface area (Å²) in [6.45, 7) is 0.00333. The molecule has 3 rings (SSSR count). The number of ketones is 1. The Labute approximate surface area is 133 Å². The molecule has 0 amide bonds. The molecule has 1 saturated heterocycles. The number of halogens is 3. The van der Waals surface area contributed by atoms with Crippen LogP contribution in [0.4, 0.5) is 13.2 Å². The van der Waals surface area contributed by atoms with E-state index in [9.17, 15) is 27.9 Å². The van der Waals surface area contributed by atoms with Gasteiger partial charge in [0.15, 0.2) is 5.78 Å². The van der Waals surface area contributed by atoms with E-state index in [4.69, 9.17) is 0 Å². The molecule has 1 fully saturated rings. The highest BCUT2D eigenvalue weighted by atomic mass is 19.4. The minimum Gasteiger partial charge on any atom is -0.391 e. The third-order valence-electron chi connectivity index (χ3n) is 4.02. The van der Waals surface area contributed by atoms with Gasteiger partial charge in [-0.1, -0.05) is 6.07 Å². The van der Waals surface area contributed by atoms with Crippen molar-refractivity contribution in [1.82, 2.24) is 14.9 Å². The predicted octanol–water partition coefficient (Wildman–Crippen LogP) is 0.707. The molecule has 0 aliphatic carbocycles. The standard InChI is InChI=1S/C15H14F3N3O3/c16-15(17,18)8-2-1-3-9-12(8)14(24)21(7-20-9)6-11(23)13-10(22)4-5-19-13/h1-3,7,10,13,19,22H,4-6H2/t10-,13-/m1/s1. The van der Waals surface area contributed by atoms with E-state index < -0.39 is 47.2 Å². The molecular weight excluding hydrogens is 327 g/mol. The van der Waals surface area contributed by atoms with Crippen molar-refractivity contribution in [2.24, 2.45) is 0 Å². The van der Waals surface area contributed by atoms with E-state index in [1.165, 1.54) is 12.1 Å². The SMILES string of the molecule is O=C(Cn1cnc2cccc(C(F)(F)F)c2c1=O)[C@@H]1NCC[C@H]1O. The summed E-state index contributed by atoms with van der Waals surface area (Å²) in [7, 11) is 0. The van der Waals surface area contributed by atoms with Crippen molar-refractivity contribution >= 4 is 16.7 Å². The number of carbonyl (C=O) groups is 1. The summed E-state index contributed by atoms with van der Waals surface area (Å²) in [6, 6.07) is 2.46. The fourth-order valence-corrected chi connectivity index (χ4v) is 2.83. The normalized spacial score (nSPS) is 21.3. The molecule has 0 spiro atoms. The van der Waals surface area contributed by atoms with E-state index in [0.717, 1.165) is 17.0 Å². The van der Waals surface area contributed by atoms with E-state index in [2.05, 4.69) is 10.3 Å². The van der Waals surface area contributed by atoms with Crippen LogP contribution >= 0.6 is 0 Å². The molecule has 9 heteroatoms. The van der Waals surface area contributed by atoms with Gasteiger partial charge in [-0.2, -0.15) is 13.2 Å². The zero-order valence-corrected chi connectivity index (χ0v) is 12.4. The average Bonchev–Trinajstić information content (AvgIpc) is 2.95. The highest BCUT2D eigenvalue weighted by molar-refractivity contribution is 5.86. The Bertz CT molecular complexity index is 847. The number of fused-ring (bicyclic) bond motifs is 1. The number of alkyl halides is 3. The van der Waals surface area contributed by atoms with Crippen molar-refractivity contribution in [3.63, 3.8) is 0 Å². The number of aliphatic hydroxyl groups is 1. The van der Waals surface area contributed by atoms with Gasteiger partial charge in [0.05, 0.1) is 41.5 Å².